The van der Waals surface area contributed by atoms with Crippen LogP contribution in [0.15, 0.2) is 58.2 Å². The summed E-state index contributed by atoms with van der Waals surface area (Å²) in [5.41, 5.74) is -0.738. The number of aliphatic hydroxyl groups is 1. The summed E-state index contributed by atoms with van der Waals surface area (Å²) in [6.45, 7) is -0.557. The van der Waals surface area contributed by atoms with Crippen molar-refractivity contribution in [1.29, 1.82) is 0 Å². The van der Waals surface area contributed by atoms with E-state index in [0.717, 1.165) is 48.8 Å². The molecule has 0 radical (unpaired) electrons. The summed E-state index contributed by atoms with van der Waals surface area (Å²) in [7, 11) is 0. The molecule has 2 aliphatic carbocycles. The number of aromatic nitrogens is 2. The fourth-order valence-electron chi connectivity index (χ4n) is 5.30. The summed E-state index contributed by atoms with van der Waals surface area (Å²) in [6.07, 6.45) is 8.56. The van der Waals surface area contributed by atoms with Crippen LogP contribution in [0.1, 0.15) is 60.4 Å². The minimum atomic E-state index is -4.48. The average molecular weight is 475 g/mol. The molecule has 1 unspecified atom stereocenters. The standard InChI is InChI=1S/C26H29F3N2O3/c27-26(28,29)21-8-4-5-17(15-21)16-22-23(30-25(34)31(13-14-32)24(22)33)20-11-9-19(10-12-20)18-6-2-1-3-7-18/h1-6,8,15,18-20,32H,7,9-14,16H2,(H,30,34). The highest BCUT2D eigenvalue weighted by molar-refractivity contribution is 5.33. The van der Waals surface area contributed by atoms with E-state index in [0.29, 0.717) is 28.7 Å². The molecule has 0 saturated heterocycles. The number of allylic oxidation sites excluding steroid dienone is 4. The minimum Gasteiger partial charge on any atom is -0.395 e. The Kier molecular flexibility index (Phi) is 7.26. The number of rotatable bonds is 6. The normalized spacial score (nSPS) is 22.8. The van der Waals surface area contributed by atoms with E-state index in [4.69, 9.17) is 0 Å². The molecule has 1 aromatic heterocycles. The van der Waals surface area contributed by atoms with Crippen molar-refractivity contribution in [1.82, 2.24) is 9.55 Å². The fourth-order valence-corrected chi connectivity index (χ4v) is 5.30. The lowest BCUT2D eigenvalue weighted by atomic mass is 9.72. The molecule has 1 heterocycles. The first-order chi connectivity index (χ1) is 16.3. The van der Waals surface area contributed by atoms with Crippen LogP contribution in [0.3, 0.4) is 0 Å². The first-order valence-corrected chi connectivity index (χ1v) is 11.7. The second-order valence-corrected chi connectivity index (χ2v) is 9.20. The number of benzene rings is 1. The van der Waals surface area contributed by atoms with Crippen molar-refractivity contribution < 1.29 is 18.3 Å². The molecule has 2 aliphatic rings. The summed E-state index contributed by atoms with van der Waals surface area (Å²) in [4.78, 5) is 28.7. The van der Waals surface area contributed by atoms with Crippen LogP contribution in [0, 0.1) is 11.8 Å². The van der Waals surface area contributed by atoms with Crippen LogP contribution >= 0.6 is 0 Å². The monoisotopic (exact) mass is 474 g/mol. The zero-order valence-corrected chi connectivity index (χ0v) is 18.9. The molecular weight excluding hydrogens is 445 g/mol. The molecule has 0 bridgehead atoms. The van der Waals surface area contributed by atoms with E-state index in [1.54, 1.807) is 6.07 Å². The van der Waals surface area contributed by atoms with E-state index in [-0.39, 0.29) is 25.5 Å². The molecule has 8 heteroatoms. The van der Waals surface area contributed by atoms with Gasteiger partial charge in [0.1, 0.15) is 0 Å². The Morgan fingerprint density at radius 2 is 1.85 bits per heavy atom. The van der Waals surface area contributed by atoms with Gasteiger partial charge in [0.15, 0.2) is 0 Å². The summed E-state index contributed by atoms with van der Waals surface area (Å²) < 4.78 is 40.6. The van der Waals surface area contributed by atoms with E-state index < -0.39 is 23.0 Å². The third-order valence-electron chi connectivity index (χ3n) is 7.07. The van der Waals surface area contributed by atoms with Crippen LogP contribution in [-0.4, -0.2) is 21.3 Å². The van der Waals surface area contributed by atoms with Gasteiger partial charge in [0.2, 0.25) is 0 Å². The van der Waals surface area contributed by atoms with Gasteiger partial charge >= 0.3 is 11.9 Å². The van der Waals surface area contributed by atoms with Crippen molar-refractivity contribution >= 4 is 0 Å². The smallest absolute Gasteiger partial charge is 0.395 e. The van der Waals surface area contributed by atoms with E-state index in [1.165, 1.54) is 6.07 Å². The number of H-pyrrole nitrogens is 1. The molecule has 182 valence electrons. The molecule has 34 heavy (non-hydrogen) atoms. The summed E-state index contributed by atoms with van der Waals surface area (Å²) in [6, 6.07) is 4.93. The van der Waals surface area contributed by atoms with Gasteiger partial charge in [-0.15, -0.1) is 0 Å². The Hall–Kier alpha value is -2.87. The molecular formula is C26H29F3N2O3. The molecule has 1 aromatic carbocycles. The van der Waals surface area contributed by atoms with Crippen LogP contribution in [0.5, 0.6) is 0 Å². The molecule has 2 aromatic rings. The summed E-state index contributed by atoms with van der Waals surface area (Å²) in [5.74, 6) is 0.988. The van der Waals surface area contributed by atoms with Crippen molar-refractivity contribution in [3.63, 3.8) is 0 Å². The zero-order valence-electron chi connectivity index (χ0n) is 18.9. The number of aromatic amines is 1. The van der Waals surface area contributed by atoms with Gasteiger partial charge in [-0.05, 0) is 61.5 Å². The Balaban J connectivity index is 1.65. The van der Waals surface area contributed by atoms with Gasteiger partial charge < -0.3 is 10.1 Å². The minimum absolute atomic E-state index is 0.0175. The predicted molar refractivity (Wildman–Crippen MR) is 124 cm³/mol. The van der Waals surface area contributed by atoms with Gasteiger partial charge in [0.05, 0.1) is 18.7 Å². The second kappa shape index (κ2) is 10.2. The maximum absolute atomic E-state index is 13.2. The van der Waals surface area contributed by atoms with Gasteiger partial charge in [-0.2, -0.15) is 13.2 Å². The van der Waals surface area contributed by atoms with Gasteiger partial charge in [-0.3, -0.25) is 9.36 Å². The number of nitrogens with zero attached hydrogens (tertiary/aromatic N) is 1. The average Bonchev–Trinajstić information content (AvgIpc) is 2.84. The number of hydrogen-bond acceptors (Lipinski definition) is 3. The predicted octanol–water partition coefficient (Wildman–Crippen LogP) is 4.54. The number of halogens is 3. The third kappa shape index (κ3) is 5.27. The number of aliphatic hydroxyl groups excluding tert-OH is 1. The van der Waals surface area contributed by atoms with Crippen molar-refractivity contribution in [3.05, 3.63) is 91.8 Å². The van der Waals surface area contributed by atoms with Gasteiger partial charge in [0, 0.05) is 17.7 Å². The van der Waals surface area contributed by atoms with Crippen LogP contribution < -0.4 is 11.2 Å². The van der Waals surface area contributed by atoms with Crippen LogP contribution in [0.2, 0.25) is 0 Å². The largest absolute Gasteiger partial charge is 0.416 e. The number of alkyl halides is 3. The molecule has 2 N–H and O–H groups in total. The molecule has 4 rings (SSSR count). The van der Waals surface area contributed by atoms with Crippen LogP contribution in [0.25, 0.3) is 0 Å². The molecule has 5 nitrogen and oxygen atoms in total. The van der Waals surface area contributed by atoms with Crippen molar-refractivity contribution in [2.24, 2.45) is 11.8 Å². The van der Waals surface area contributed by atoms with E-state index in [1.807, 2.05) is 6.08 Å². The molecule has 1 atom stereocenters. The van der Waals surface area contributed by atoms with Gasteiger partial charge in [-0.1, -0.05) is 42.5 Å². The zero-order chi connectivity index (χ0) is 24.3. The Morgan fingerprint density at radius 1 is 1.09 bits per heavy atom. The lowest BCUT2D eigenvalue weighted by Crippen LogP contribution is -2.40. The van der Waals surface area contributed by atoms with Crippen molar-refractivity contribution in [2.75, 3.05) is 6.61 Å². The van der Waals surface area contributed by atoms with E-state index in [9.17, 15) is 27.9 Å². The van der Waals surface area contributed by atoms with Crippen molar-refractivity contribution in [3.8, 4) is 0 Å². The highest BCUT2D eigenvalue weighted by Crippen LogP contribution is 2.41. The lowest BCUT2D eigenvalue weighted by Gasteiger charge is -2.33. The summed E-state index contributed by atoms with van der Waals surface area (Å²) in [5, 5.41) is 9.30. The van der Waals surface area contributed by atoms with Crippen molar-refractivity contribution in [2.45, 2.75) is 57.2 Å². The fraction of sp³-hybridized carbons (Fsp3) is 0.462. The SMILES string of the molecule is O=c1[nH]c(C2CCC(C3C=CC=CC3)CC2)c(Cc2cccc(C(F)(F)F)c2)c(=O)n1CCO. The molecule has 0 spiro atoms. The molecule has 1 saturated carbocycles. The molecule has 0 aliphatic heterocycles. The van der Waals surface area contributed by atoms with Gasteiger partial charge in [0.25, 0.3) is 5.56 Å². The third-order valence-corrected chi connectivity index (χ3v) is 7.07. The Bertz CT molecular complexity index is 1180. The molecule has 0 amide bonds. The van der Waals surface area contributed by atoms with E-state index >= 15 is 0 Å². The van der Waals surface area contributed by atoms with Crippen LogP contribution in [0.4, 0.5) is 13.2 Å². The summed E-state index contributed by atoms with van der Waals surface area (Å²) >= 11 is 0. The van der Waals surface area contributed by atoms with Gasteiger partial charge in [-0.25, -0.2) is 4.79 Å². The lowest BCUT2D eigenvalue weighted by molar-refractivity contribution is -0.137. The Morgan fingerprint density at radius 3 is 2.50 bits per heavy atom. The first-order valence-electron chi connectivity index (χ1n) is 11.7. The maximum atomic E-state index is 13.2. The highest BCUT2D eigenvalue weighted by Gasteiger charge is 2.32. The Labute approximate surface area is 195 Å². The topological polar surface area (TPSA) is 75.1 Å². The highest BCUT2D eigenvalue weighted by atomic mass is 19.4. The number of hydrogen-bond donors (Lipinski definition) is 2. The maximum Gasteiger partial charge on any atom is 0.416 e. The van der Waals surface area contributed by atoms with E-state index in [2.05, 4.69) is 23.2 Å². The first kappa shape index (κ1) is 24.3. The van der Waals surface area contributed by atoms with Crippen LogP contribution in [-0.2, 0) is 19.1 Å². The molecule has 1 fully saturated rings. The quantitative estimate of drug-likeness (QED) is 0.645. The second-order valence-electron chi connectivity index (χ2n) is 9.20. The number of nitrogens with one attached hydrogen (secondary N) is 1.